The summed E-state index contributed by atoms with van der Waals surface area (Å²) in [4.78, 5) is 27.5. The molecule has 2 N–H and O–H groups in total. The summed E-state index contributed by atoms with van der Waals surface area (Å²) < 4.78 is 5.93. The number of fused-ring (bicyclic) bond motifs is 1. The van der Waals surface area contributed by atoms with Crippen LogP contribution < -0.4 is 10.6 Å². The number of rotatable bonds is 3. The first-order valence-electron chi connectivity index (χ1n) is 9.48. The van der Waals surface area contributed by atoms with Crippen LogP contribution in [0.2, 0.25) is 0 Å². The van der Waals surface area contributed by atoms with Crippen molar-refractivity contribution in [2.24, 2.45) is 11.8 Å². The van der Waals surface area contributed by atoms with E-state index in [0.29, 0.717) is 13.1 Å². The lowest BCUT2D eigenvalue weighted by atomic mass is 9.96. The molecular weight excluding hydrogens is 318 g/mol. The molecule has 0 aromatic heterocycles. The van der Waals surface area contributed by atoms with Crippen LogP contribution in [0.5, 0.6) is 0 Å². The maximum Gasteiger partial charge on any atom is 0.323 e. The van der Waals surface area contributed by atoms with Crippen molar-refractivity contribution in [3.8, 4) is 0 Å². The Balaban J connectivity index is 2.23. The number of carbonyl (C=O) groups is 2. The molecule has 2 aliphatic heterocycles. The second kappa shape index (κ2) is 9.34. The Kier molecular flexibility index (Phi) is 7.44. The molecule has 0 aliphatic carbocycles. The SMILES string of the molecule is C/C=C/CC1CNC2C(=O)NCCCCN(C)C(C(C)C)C(=O)OC12. The van der Waals surface area contributed by atoms with Gasteiger partial charge in [0.25, 0.3) is 0 Å². The number of carbonyl (C=O) groups excluding carboxylic acids is 2. The molecule has 0 spiro atoms. The Bertz CT molecular complexity index is 492. The van der Waals surface area contributed by atoms with E-state index in [1.807, 2.05) is 33.9 Å². The lowest BCUT2D eigenvalue weighted by Crippen LogP contribution is -2.51. The maximum absolute atomic E-state index is 12.9. The molecule has 0 radical (unpaired) electrons. The van der Waals surface area contributed by atoms with E-state index in [0.717, 1.165) is 25.8 Å². The summed E-state index contributed by atoms with van der Waals surface area (Å²) in [6.45, 7) is 8.23. The van der Waals surface area contributed by atoms with Gasteiger partial charge in [-0.3, -0.25) is 14.5 Å². The van der Waals surface area contributed by atoms with Gasteiger partial charge in [-0.1, -0.05) is 26.0 Å². The molecule has 0 aromatic rings. The Morgan fingerprint density at radius 2 is 2.08 bits per heavy atom. The summed E-state index contributed by atoms with van der Waals surface area (Å²) in [6.07, 6.45) is 6.30. The molecule has 2 heterocycles. The molecule has 2 rings (SSSR count). The molecule has 6 nitrogen and oxygen atoms in total. The Morgan fingerprint density at radius 3 is 2.76 bits per heavy atom. The van der Waals surface area contributed by atoms with Gasteiger partial charge in [-0.15, -0.1) is 0 Å². The van der Waals surface area contributed by atoms with Gasteiger partial charge >= 0.3 is 5.97 Å². The van der Waals surface area contributed by atoms with E-state index in [1.165, 1.54) is 0 Å². The van der Waals surface area contributed by atoms with Crippen LogP contribution in [0.3, 0.4) is 0 Å². The predicted octanol–water partition coefficient (Wildman–Crippen LogP) is 1.32. The van der Waals surface area contributed by atoms with Gasteiger partial charge in [0.05, 0.1) is 0 Å². The molecule has 6 heteroatoms. The largest absolute Gasteiger partial charge is 0.459 e. The van der Waals surface area contributed by atoms with Crippen molar-refractivity contribution in [3.05, 3.63) is 12.2 Å². The molecule has 142 valence electrons. The van der Waals surface area contributed by atoms with Crippen molar-refractivity contribution in [2.75, 3.05) is 26.7 Å². The molecule has 0 aromatic carbocycles. The zero-order valence-corrected chi connectivity index (χ0v) is 16.0. The first kappa shape index (κ1) is 19.9. The van der Waals surface area contributed by atoms with Crippen molar-refractivity contribution in [1.82, 2.24) is 15.5 Å². The molecule has 4 unspecified atom stereocenters. The number of ether oxygens (including phenoxy) is 1. The Hall–Kier alpha value is -1.40. The number of nitrogens with one attached hydrogen (secondary N) is 2. The molecule has 1 amide bonds. The first-order valence-corrected chi connectivity index (χ1v) is 9.48. The second-order valence-electron chi connectivity index (χ2n) is 7.52. The summed E-state index contributed by atoms with van der Waals surface area (Å²) in [5, 5.41) is 6.24. The third kappa shape index (κ3) is 5.05. The van der Waals surface area contributed by atoms with Crippen LogP contribution in [-0.4, -0.2) is 61.6 Å². The van der Waals surface area contributed by atoms with Crippen LogP contribution in [0.4, 0.5) is 0 Å². The number of hydrogen-bond acceptors (Lipinski definition) is 5. The Morgan fingerprint density at radius 1 is 1.32 bits per heavy atom. The van der Waals surface area contributed by atoms with Crippen LogP contribution in [-0.2, 0) is 14.3 Å². The zero-order valence-electron chi connectivity index (χ0n) is 16.0. The van der Waals surface area contributed by atoms with E-state index in [1.54, 1.807) is 0 Å². The van der Waals surface area contributed by atoms with Crippen LogP contribution in [0, 0.1) is 11.8 Å². The topological polar surface area (TPSA) is 70.7 Å². The normalized spacial score (nSPS) is 32.8. The summed E-state index contributed by atoms with van der Waals surface area (Å²) in [5.41, 5.74) is 0. The average molecular weight is 351 g/mol. The number of nitrogens with zero attached hydrogens (tertiary/aromatic N) is 1. The number of esters is 1. The number of likely N-dealkylation sites (N-methyl/N-ethyl adjacent to an activating group) is 1. The van der Waals surface area contributed by atoms with Crippen LogP contribution in [0.1, 0.15) is 40.0 Å². The first-order chi connectivity index (χ1) is 12.0. The van der Waals surface area contributed by atoms with Crippen LogP contribution >= 0.6 is 0 Å². The lowest BCUT2D eigenvalue weighted by Gasteiger charge is -2.32. The fourth-order valence-corrected chi connectivity index (χ4v) is 3.83. The lowest BCUT2D eigenvalue weighted by molar-refractivity contribution is -0.160. The number of amides is 1. The van der Waals surface area contributed by atoms with Gasteiger partial charge in [0, 0.05) is 19.0 Å². The molecule has 2 saturated heterocycles. The van der Waals surface area contributed by atoms with Gasteiger partial charge < -0.3 is 15.4 Å². The predicted molar refractivity (Wildman–Crippen MR) is 98.1 cm³/mol. The monoisotopic (exact) mass is 351 g/mol. The van der Waals surface area contributed by atoms with E-state index in [9.17, 15) is 9.59 Å². The number of allylic oxidation sites excluding steroid dienone is 2. The third-order valence-electron chi connectivity index (χ3n) is 5.19. The van der Waals surface area contributed by atoms with Gasteiger partial charge in [-0.25, -0.2) is 0 Å². The fraction of sp³-hybridized carbons (Fsp3) is 0.789. The summed E-state index contributed by atoms with van der Waals surface area (Å²) in [5.74, 6) is 0.0129. The highest BCUT2D eigenvalue weighted by atomic mass is 16.5. The molecule has 2 fully saturated rings. The smallest absolute Gasteiger partial charge is 0.323 e. The third-order valence-corrected chi connectivity index (χ3v) is 5.19. The highest BCUT2D eigenvalue weighted by Gasteiger charge is 2.43. The number of hydrogen-bond donors (Lipinski definition) is 2. The van der Waals surface area contributed by atoms with Crippen LogP contribution in [0.15, 0.2) is 12.2 Å². The highest BCUT2D eigenvalue weighted by molar-refractivity contribution is 5.84. The van der Waals surface area contributed by atoms with E-state index >= 15 is 0 Å². The standard InChI is InChI=1S/C19H33N3O3/c1-5-6-9-14-12-21-15-17(14)25-19(24)16(13(2)3)22(4)11-8-7-10-20-18(15)23/h5-6,13-17,21H,7-12H2,1-4H3,(H,20,23)/b6-5+. The van der Waals surface area contributed by atoms with Crippen molar-refractivity contribution < 1.29 is 14.3 Å². The van der Waals surface area contributed by atoms with Crippen LogP contribution in [0.25, 0.3) is 0 Å². The summed E-state index contributed by atoms with van der Waals surface area (Å²) >= 11 is 0. The minimum Gasteiger partial charge on any atom is -0.459 e. The quantitative estimate of drug-likeness (QED) is 0.593. The zero-order chi connectivity index (χ0) is 18.4. The van der Waals surface area contributed by atoms with Crippen molar-refractivity contribution in [1.29, 1.82) is 0 Å². The van der Waals surface area contributed by atoms with E-state index < -0.39 is 12.1 Å². The molecule has 0 saturated carbocycles. The molecule has 4 atom stereocenters. The van der Waals surface area contributed by atoms with Gasteiger partial charge in [-0.05, 0) is 45.7 Å². The average Bonchev–Trinajstić information content (AvgIpc) is 2.93. The van der Waals surface area contributed by atoms with Gasteiger partial charge in [-0.2, -0.15) is 0 Å². The molecular formula is C19H33N3O3. The van der Waals surface area contributed by atoms with Gasteiger partial charge in [0.2, 0.25) is 5.91 Å². The van der Waals surface area contributed by atoms with Crippen molar-refractivity contribution in [2.45, 2.75) is 58.2 Å². The molecule has 0 bridgehead atoms. The van der Waals surface area contributed by atoms with E-state index in [4.69, 9.17) is 4.74 Å². The minimum atomic E-state index is -0.461. The summed E-state index contributed by atoms with van der Waals surface area (Å²) in [6, 6.07) is -0.733. The second-order valence-corrected chi connectivity index (χ2v) is 7.52. The van der Waals surface area contributed by atoms with E-state index in [2.05, 4.69) is 21.6 Å². The molecule has 25 heavy (non-hydrogen) atoms. The maximum atomic E-state index is 12.9. The Labute approximate surface area is 151 Å². The fourth-order valence-electron chi connectivity index (χ4n) is 3.83. The van der Waals surface area contributed by atoms with E-state index in [-0.39, 0.29) is 29.8 Å². The van der Waals surface area contributed by atoms with Gasteiger partial charge in [0.15, 0.2) is 0 Å². The highest BCUT2D eigenvalue weighted by Crippen LogP contribution is 2.25. The van der Waals surface area contributed by atoms with Gasteiger partial charge in [0.1, 0.15) is 18.2 Å². The van der Waals surface area contributed by atoms with Crippen molar-refractivity contribution >= 4 is 11.9 Å². The minimum absolute atomic E-state index is 0.0594. The summed E-state index contributed by atoms with van der Waals surface area (Å²) in [7, 11) is 1.98. The molecule has 2 aliphatic rings. The van der Waals surface area contributed by atoms with Crippen molar-refractivity contribution in [3.63, 3.8) is 0 Å².